The van der Waals surface area contributed by atoms with Gasteiger partial charge in [-0.25, -0.2) is 4.98 Å². The zero-order chi connectivity index (χ0) is 13.1. The van der Waals surface area contributed by atoms with E-state index in [-0.39, 0.29) is 11.7 Å². The molecule has 1 heterocycles. The molecule has 1 aromatic rings. The number of nitrogens with zero attached hydrogens (tertiary/aromatic N) is 1. The van der Waals surface area contributed by atoms with Gasteiger partial charge in [0.1, 0.15) is 10.6 Å². The molecule has 0 aromatic carbocycles. The first kappa shape index (κ1) is 13.8. The molecule has 0 aliphatic heterocycles. The number of carbonyl (C=O) groups excluding carboxylic acids is 1. The lowest BCUT2D eigenvalue weighted by molar-refractivity contribution is -0.151. The third kappa shape index (κ3) is 4.65. The van der Waals surface area contributed by atoms with Crippen LogP contribution < -0.4 is 5.73 Å². The molecule has 0 fully saturated rings. The number of pyridine rings is 1. The summed E-state index contributed by atoms with van der Waals surface area (Å²) in [5.74, 6) is -0.0389. The van der Waals surface area contributed by atoms with Crippen LogP contribution in [-0.4, -0.2) is 22.3 Å². The maximum atomic E-state index is 11.5. The largest absolute Gasteiger partial charge is 0.459 e. The number of aryl methyl sites for hydroxylation is 1. The number of nitrogen functional groups attached to an aromatic ring is 1. The molecule has 0 bridgehead atoms. The standard InChI is InChI=1S/C12H18N2O2S/c1-8-5-6-14-11(10(8)13)17-7-9(15)16-12(2,3)4/h5-6H,7,13H2,1-4H3. The first-order valence-corrected chi connectivity index (χ1v) is 6.34. The van der Waals surface area contributed by atoms with Crippen LogP contribution in [-0.2, 0) is 9.53 Å². The summed E-state index contributed by atoms with van der Waals surface area (Å²) in [4.78, 5) is 15.7. The summed E-state index contributed by atoms with van der Waals surface area (Å²) in [5.41, 5.74) is 7.00. The lowest BCUT2D eigenvalue weighted by Crippen LogP contribution is -2.24. The maximum Gasteiger partial charge on any atom is 0.316 e. The van der Waals surface area contributed by atoms with Gasteiger partial charge in [-0.1, -0.05) is 11.8 Å². The van der Waals surface area contributed by atoms with Crippen LogP contribution in [0.4, 0.5) is 5.69 Å². The van der Waals surface area contributed by atoms with E-state index in [0.29, 0.717) is 10.7 Å². The van der Waals surface area contributed by atoms with E-state index in [1.54, 1.807) is 6.20 Å². The molecule has 0 amide bonds. The Balaban J connectivity index is 2.56. The second-order valence-corrected chi connectivity index (χ2v) is 5.69. The van der Waals surface area contributed by atoms with Crippen LogP contribution in [0.25, 0.3) is 0 Å². The zero-order valence-electron chi connectivity index (χ0n) is 10.6. The van der Waals surface area contributed by atoms with Gasteiger partial charge < -0.3 is 10.5 Å². The summed E-state index contributed by atoms with van der Waals surface area (Å²) in [6.45, 7) is 7.44. The minimum atomic E-state index is -0.455. The third-order valence-electron chi connectivity index (χ3n) is 1.92. The van der Waals surface area contributed by atoms with Gasteiger partial charge in [0.15, 0.2) is 0 Å². The monoisotopic (exact) mass is 254 g/mol. The molecule has 0 atom stereocenters. The van der Waals surface area contributed by atoms with Crippen LogP contribution in [0.3, 0.4) is 0 Å². The predicted molar refractivity (Wildman–Crippen MR) is 70.0 cm³/mol. The van der Waals surface area contributed by atoms with E-state index in [1.807, 2.05) is 33.8 Å². The Morgan fingerprint density at radius 2 is 2.18 bits per heavy atom. The fourth-order valence-electron chi connectivity index (χ4n) is 1.16. The van der Waals surface area contributed by atoms with Gasteiger partial charge in [0.05, 0.1) is 11.4 Å². The quantitative estimate of drug-likeness (QED) is 0.663. The van der Waals surface area contributed by atoms with Gasteiger partial charge in [-0.3, -0.25) is 4.79 Å². The van der Waals surface area contributed by atoms with E-state index in [0.717, 1.165) is 5.56 Å². The Morgan fingerprint density at radius 1 is 1.53 bits per heavy atom. The number of thioether (sulfide) groups is 1. The van der Waals surface area contributed by atoms with Crippen LogP contribution >= 0.6 is 11.8 Å². The number of hydrogen-bond donors (Lipinski definition) is 1. The molecule has 0 radical (unpaired) electrons. The molecule has 0 saturated heterocycles. The van der Waals surface area contributed by atoms with Gasteiger partial charge in [-0.15, -0.1) is 0 Å². The minimum absolute atomic E-state index is 0.220. The normalized spacial score (nSPS) is 11.3. The average Bonchev–Trinajstić information content (AvgIpc) is 2.18. The average molecular weight is 254 g/mol. The van der Waals surface area contributed by atoms with Gasteiger partial charge in [0.25, 0.3) is 0 Å². The molecule has 0 saturated carbocycles. The summed E-state index contributed by atoms with van der Waals surface area (Å²) >= 11 is 1.30. The summed E-state index contributed by atoms with van der Waals surface area (Å²) in [6.07, 6.45) is 1.68. The number of hydrogen-bond acceptors (Lipinski definition) is 5. The maximum absolute atomic E-state index is 11.5. The molecule has 1 aromatic heterocycles. The van der Waals surface area contributed by atoms with Crippen molar-refractivity contribution in [1.29, 1.82) is 0 Å². The molecule has 0 unspecified atom stereocenters. The molecule has 2 N–H and O–H groups in total. The highest BCUT2D eigenvalue weighted by Gasteiger charge is 2.17. The molecule has 0 aliphatic rings. The van der Waals surface area contributed by atoms with E-state index in [2.05, 4.69) is 4.98 Å². The molecule has 0 spiro atoms. The van der Waals surface area contributed by atoms with Crippen molar-refractivity contribution in [2.45, 2.75) is 38.3 Å². The van der Waals surface area contributed by atoms with E-state index >= 15 is 0 Å². The van der Waals surface area contributed by atoms with E-state index < -0.39 is 5.60 Å². The molecular formula is C12H18N2O2S. The predicted octanol–water partition coefficient (Wildman–Crippen LogP) is 2.41. The lowest BCUT2D eigenvalue weighted by atomic mass is 10.2. The molecule has 4 nitrogen and oxygen atoms in total. The SMILES string of the molecule is Cc1ccnc(SCC(=O)OC(C)(C)C)c1N. The molecule has 1 rings (SSSR count). The Labute approximate surface area is 106 Å². The highest BCUT2D eigenvalue weighted by atomic mass is 32.2. The number of nitrogens with two attached hydrogens (primary N) is 1. The fraction of sp³-hybridized carbons (Fsp3) is 0.500. The van der Waals surface area contributed by atoms with Gasteiger partial charge >= 0.3 is 5.97 Å². The second-order valence-electron chi connectivity index (χ2n) is 4.72. The second kappa shape index (κ2) is 5.40. The van der Waals surface area contributed by atoms with Gasteiger partial charge in [0, 0.05) is 6.20 Å². The Kier molecular flexibility index (Phi) is 4.40. The van der Waals surface area contributed by atoms with E-state index in [1.165, 1.54) is 11.8 Å². The number of ether oxygens (including phenoxy) is 1. The van der Waals surface area contributed by atoms with E-state index in [9.17, 15) is 4.79 Å². The van der Waals surface area contributed by atoms with Crippen LogP contribution in [0.15, 0.2) is 17.3 Å². The number of anilines is 1. The molecule has 5 heteroatoms. The topological polar surface area (TPSA) is 65.2 Å². The molecule has 0 aliphatic carbocycles. The Bertz CT molecular complexity index is 413. The van der Waals surface area contributed by atoms with Crippen molar-refractivity contribution in [3.8, 4) is 0 Å². The summed E-state index contributed by atoms with van der Waals surface area (Å²) in [7, 11) is 0. The van der Waals surface area contributed by atoms with Gasteiger partial charge in [-0.05, 0) is 39.3 Å². The van der Waals surface area contributed by atoms with Crippen molar-refractivity contribution in [2.75, 3.05) is 11.5 Å². The summed E-state index contributed by atoms with van der Waals surface area (Å²) in [6, 6.07) is 1.84. The van der Waals surface area contributed by atoms with Crippen LogP contribution in [0.2, 0.25) is 0 Å². The van der Waals surface area contributed by atoms with Crippen molar-refractivity contribution in [3.05, 3.63) is 17.8 Å². The number of carbonyl (C=O) groups is 1. The Morgan fingerprint density at radius 3 is 2.76 bits per heavy atom. The van der Waals surface area contributed by atoms with Crippen LogP contribution in [0.1, 0.15) is 26.3 Å². The van der Waals surface area contributed by atoms with Crippen molar-refractivity contribution in [2.24, 2.45) is 0 Å². The summed E-state index contributed by atoms with van der Waals surface area (Å²) < 4.78 is 5.20. The number of rotatable bonds is 3. The number of esters is 1. The van der Waals surface area contributed by atoms with Crippen LogP contribution in [0.5, 0.6) is 0 Å². The van der Waals surface area contributed by atoms with E-state index in [4.69, 9.17) is 10.5 Å². The minimum Gasteiger partial charge on any atom is -0.459 e. The molecular weight excluding hydrogens is 236 g/mol. The lowest BCUT2D eigenvalue weighted by Gasteiger charge is -2.19. The highest BCUT2D eigenvalue weighted by molar-refractivity contribution is 8.00. The Hall–Kier alpha value is -1.23. The van der Waals surface area contributed by atoms with Crippen molar-refractivity contribution >= 4 is 23.4 Å². The van der Waals surface area contributed by atoms with Gasteiger partial charge in [-0.2, -0.15) is 0 Å². The molecule has 94 valence electrons. The van der Waals surface area contributed by atoms with Crippen LogP contribution in [0, 0.1) is 6.92 Å². The van der Waals surface area contributed by atoms with Crippen molar-refractivity contribution in [3.63, 3.8) is 0 Å². The fourth-order valence-corrected chi connectivity index (χ4v) is 1.92. The number of aromatic nitrogens is 1. The summed E-state index contributed by atoms with van der Waals surface area (Å²) in [5, 5.41) is 0.677. The highest BCUT2D eigenvalue weighted by Crippen LogP contribution is 2.25. The smallest absolute Gasteiger partial charge is 0.316 e. The van der Waals surface area contributed by atoms with Crippen molar-refractivity contribution in [1.82, 2.24) is 4.98 Å². The van der Waals surface area contributed by atoms with Crippen molar-refractivity contribution < 1.29 is 9.53 Å². The third-order valence-corrected chi connectivity index (χ3v) is 2.90. The zero-order valence-corrected chi connectivity index (χ0v) is 11.4. The van der Waals surface area contributed by atoms with Gasteiger partial charge in [0.2, 0.25) is 0 Å². The first-order valence-electron chi connectivity index (χ1n) is 5.35. The first-order chi connectivity index (χ1) is 7.79. The molecule has 17 heavy (non-hydrogen) atoms.